The molecule has 0 fully saturated rings. The molecular weight excluding hydrogens is 240 g/mol. The van der Waals surface area contributed by atoms with E-state index in [0.29, 0.717) is 18.1 Å². The molecule has 0 saturated heterocycles. The van der Waals surface area contributed by atoms with E-state index in [4.69, 9.17) is 11.6 Å². The predicted molar refractivity (Wildman–Crippen MR) is 66.2 cm³/mol. The molecule has 0 radical (unpaired) electrons. The zero-order chi connectivity index (χ0) is 12.3. The number of anilines is 1. The van der Waals surface area contributed by atoms with Crippen LogP contribution in [0.25, 0.3) is 5.65 Å². The molecule has 0 aromatic carbocycles. The fourth-order valence-corrected chi connectivity index (χ4v) is 2.04. The van der Waals surface area contributed by atoms with Crippen LogP contribution in [0.4, 0.5) is 5.82 Å². The van der Waals surface area contributed by atoms with E-state index < -0.39 is 0 Å². The van der Waals surface area contributed by atoms with Gasteiger partial charge in [0.15, 0.2) is 5.65 Å². The van der Waals surface area contributed by atoms with Crippen LogP contribution in [0.2, 0.25) is 0 Å². The molecule has 0 amide bonds. The third-order valence-corrected chi connectivity index (χ3v) is 2.67. The van der Waals surface area contributed by atoms with Gasteiger partial charge in [-0.2, -0.15) is 4.52 Å². The Labute approximate surface area is 104 Å². The molecule has 0 bridgehead atoms. The summed E-state index contributed by atoms with van der Waals surface area (Å²) in [4.78, 5) is 4.06. The van der Waals surface area contributed by atoms with Crippen molar-refractivity contribution in [3.05, 3.63) is 12.4 Å². The first kappa shape index (κ1) is 12.0. The minimum Gasteiger partial charge on any atom is -0.367 e. The number of tetrazole rings is 1. The van der Waals surface area contributed by atoms with Gasteiger partial charge in [-0.1, -0.05) is 13.8 Å². The molecule has 0 aliphatic rings. The van der Waals surface area contributed by atoms with Crippen molar-refractivity contribution in [1.29, 1.82) is 0 Å². The van der Waals surface area contributed by atoms with Crippen molar-refractivity contribution in [3.63, 3.8) is 0 Å². The first-order valence-corrected chi connectivity index (χ1v) is 6.00. The van der Waals surface area contributed by atoms with Gasteiger partial charge >= 0.3 is 0 Å². The fourth-order valence-electron chi connectivity index (χ4n) is 1.61. The van der Waals surface area contributed by atoms with Crippen LogP contribution in [0.15, 0.2) is 12.4 Å². The van der Waals surface area contributed by atoms with Gasteiger partial charge in [0.05, 0.1) is 17.8 Å². The summed E-state index contributed by atoms with van der Waals surface area (Å²) in [6.45, 7) is 4.97. The molecule has 7 heteroatoms. The Morgan fingerprint density at radius 3 is 3.00 bits per heavy atom. The largest absolute Gasteiger partial charge is 0.367 e. The lowest BCUT2D eigenvalue weighted by molar-refractivity contribution is 0.571. The zero-order valence-electron chi connectivity index (χ0n) is 9.84. The molecule has 0 saturated carbocycles. The minimum absolute atomic E-state index is 0.0849. The highest BCUT2D eigenvalue weighted by atomic mass is 35.5. The molecule has 2 aromatic heterocycles. The number of alkyl halides is 1. The molecule has 6 nitrogen and oxygen atoms in total. The molecule has 2 heterocycles. The van der Waals surface area contributed by atoms with Crippen LogP contribution in [-0.2, 0) is 0 Å². The van der Waals surface area contributed by atoms with Crippen molar-refractivity contribution in [2.24, 2.45) is 5.92 Å². The van der Waals surface area contributed by atoms with Crippen LogP contribution in [0.3, 0.4) is 0 Å². The summed E-state index contributed by atoms with van der Waals surface area (Å²) in [6.07, 6.45) is 4.26. The van der Waals surface area contributed by atoms with Crippen molar-refractivity contribution in [2.75, 3.05) is 11.9 Å². The van der Waals surface area contributed by atoms with E-state index in [0.717, 1.165) is 12.2 Å². The van der Waals surface area contributed by atoms with Gasteiger partial charge in [-0.3, -0.25) is 4.98 Å². The minimum atomic E-state index is 0.0849. The Hall–Kier alpha value is -1.43. The maximum Gasteiger partial charge on any atom is 0.199 e. The van der Waals surface area contributed by atoms with E-state index >= 15 is 0 Å². The van der Waals surface area contributed by atoms with E-state index in [1.54, 1.807) is 16.9 Å². The molecule has 2 aromatic rings. The molecule has 92 valence electrons. The van der Waals surface area contributed by atoms with Gasteiger partial charge in [0.25, 0.3) is 0 Å². The van der Waals surface area contributed by atoms with Gasteiger partial charge in [-0.25, -0.2) is 0 Å². The maximum atomic E-state index is 6.21. The summed E-state index contributed by atoms with van der Waals surface area (Å²) in [5, 5.41) is 14.6. The van der Waals surface area contributed by atoms with Crippen molar-refractivity contribution < 1.29 is 0 Å². The lowest BCUT2D eigenvalue weighted by Gasteiger charge is -2.13. The maximum absolute atomic E-state index is 6.21. The standard InChI is InChI=1S/C10H15ClN6/c1-7(2)3-8(11)4-13-9-5-12-6-10-14-15-16-17(9)10/h5-8,13H,3-4H2,1-2H3. The second kappa shape index (κ2) is 5.27. The zero-order valence-corrected chi connectivity index (χ0v) is 10.6. The van der Waals surface area contributed by atoms with Crippen LogP contribution in [0, 0.1) is 5.92 Å². The summed E-state index contributed by atoms with van der Waals surface area (Å²) >= 11 is 6.21. The van der Waals surface area contributed by atoms with E-state index in [-0.39, 0.29) is 5.38 Å². The number of halogens is 1. The second-order valence-corrected chi connectivity index (χ2v) is 4.97. The van der Waals surface area contributed by atoms with E-state index in [2.05, 4.69) is 39.7 Å². The van der Waals surface area contributed by atoms with Gasteiger partial charge in [-0.15, -0.1) is 16.7 Å². The van der Waals surface area contributed by atoms with E-state index in [9.17, 15) is 0 Å². The summed E-state index contributed by atoms with van der Waals surface area (Å²) in [5.41, 5.74) is 0.616. The first-order chi connectivity index (χ1) is 8.16. The Bertz CT molecular complexity index is 482. The number of aromatic nitrogens is 5. The van der Waals surface area contributed by atoms with Crippen molar-refractivity contribution in [2.45, 2.75) is 25.6 Å². The molecule has 1 unspecified atom stereocenters. The molecule has 0 aliphatic heterocycles. The number of rotatable bonds is 5. The number of nitrogens with one attached hydrogen (secondary N) is 1. The molecule has 1 atom stereocenters. The van der Waals surface area contributed by atoms with Crippen molar-refractivity contribution in [3.8, 4) is 0 Å². The first-order valence-electron chi connectivity index (χ1n) is 5.57. The van der Waals surface area contributed by atoms with Crippen molar-refractivity contribution >= 4 is 23.1 Å². The fraction of sp³-hybridized carbons (Fsp3) is 0.600. The van der Waals surface area contributed by atoms with E-state index in [1.165, 1.54) is 0 Å². The highest BCUT2D eigenvalue weighted by molar-refractivity contribution is 6.20. The monoisotopic (exact) mass is 254 g/mol. The normalized spacial score (nSPS) is 13.2. The Morgan fingerprint density at radius 1 is 1.41 bits per heavy atom. The lowest BCUT2D eigenvalue weighted by atomic mass is 10.1. The van der Waals surface area contributed by atoms with Crippen LogP contribution in [0.1, 0.15) is 20.3 Å². The number of hydrogen-bond acceptors (Lipinski definition) is 5. The quantitative estimate of drug-likeness (QED) is 0.821. The molecule has 0 spiro atoms. The third-order valence-electron chi connectivity index (χ3n) is 2.34. The smallest absolute Gasteiger partial charge is 0.199 e. The SMILES string of the molecule is CC(C)CC(Cl)CNc1cncc2nnnn12. The summed E-state index contributed by atoms with van der Waals surface area (Å²) in [6, 6.07) is 0. The number of nitrogens with zero attached hydrogens (tertiary/aromatic N) is 5. The summed E-state index contributed by atoms with van der Waals surface area (Å²) in [7, 11) is 0. The summed E-state index contributed by atoms with van der Waals surface area (Å²) in [5.74, 6) is 1.34. The average Bonchev–Trinajstić information content (AvgIpc) is 2.73. The average molecular weight is 255 g/mol. The molecule has 17 heavy (non-hydrogen) atoms. The van der Waals surface area contributed by atoms with Gasteiger partial charge in [0, 0.05) is 6.54 Å². The van der Waals surface area contributed by atoms with Crippen LogP contribution < -0.4 is 5.32 Å². The molecule has 2 rings (SSSR count). The Balaban J connectivity index is 2.01. The number of hydrogen-bond donors (Lipinski definition) is 1. The van der Waals surface area contributed by atoms with Gasteiger partial charge < -0.3 is 5.32 Å². The van der Waals surface area contributed by atoms with Crippen LogP contribution in [0.5, 0.6) is 0 Å². The molecule has 0 aliphatic carbocycles. The Morgan fingerprint density at radius 2 is 2.24 bits per heavy atom. The van der Waals surface area contributed by atoms with Crippen LogP contribution >= 0.6 is 11.6 Å². The second-order valence-electron chi connectivity index (χ2n) is 4.35. The number of fused-ring (bicyclic) bond motifs is 1. The van der Waals surface area contributed by atoms with Gasteiger partial charge in [0.1, 0.15) is 5.82 Å². The highest BCUT2D eigenvalue weighted by Crippen LogP contribution is 2.12. The van der Waals surface area contributed by atoms with Gasteiger partial charge in [-0.05, 0) is 22.8 Å². The summed E-state index contributed by atoms with van der Waals surface area (Å²) < 4.78 is 1.60. The van der Waals surface area contributed by atoms with Gasteiger partial charge in [0.2, 0.25) is 0 Å². The highest BCUT2D eigenvalue weighted by Gasteiger charge is 2.09. The molecule has 1 N–H and O–H groups in total. The topological polar surface area (TPSA) is 68.0 Å². The molecular formula is C10H15ClN6. The van der Waals surface area contributed by atoms with E-state index in [1.807, 2.05) is 0 Å². The predicted octanol–water partition coefficient (Wildman–Crippen LogP) is 1.58. The lowest BCUT2D eigenvalue weighted by Crippen LogP contribution is -2.18. The van der Waals surface area contributed by atoms with Crippen LogP contribution in [-0.4, -0.2) is 36.9 Å². The van der Waals surface area contributed by atoms with Crippen molar-refractivity contribution in [1.82, 2.24) is 25.0 Å². The third kappa shape index (κ3) is 3.03. The Kier molecular flexibility index (Phi) is 3.73.